The van der Waals surface area contributed by atoms with E-state index in [-0.39, 0.29) is 17.4 Å². The van der Waals surface area contributed by atoms with Crippen LogP contribution in [0.3, 0.4) is 0 Å². The maximum absolute atomic E-state index is 12.7. The van der Waals surface area contributed by atoms with Crippen LogP contribution in [0.1, 0.15) is 18.7 Å². The lowest BCUT2D eigenvalue weighted by molar-refractivity contribution is -0.921. The summed E-state index contributed by atoms with van der Waals surface area (Å²) in [6, 6.07) is 9.88. The van der Waals surface area contributed by atoms with E-state index < -0.39 is 0 Å². The van der Waals surface area contributed by atoms with Gasteiger partial charge in [-0.1, -0.05) is 30.3 Å². The Bertz CT molecular complexity index is 996. The average Bonchev–Trinajstić information content (AvgIpc) is 3.07. The molecule has 2 aromatic heterocycles. The van der Waals surface area contributed by atoms with Crippen molar-refractivity contribution in [2.75, 3.05) is 13.1 Å². The molecule has 3 heterocycles. The zero-order valence-corrected chi connectivity index (χ0v) is 15.1. The molecule has 0 aliphatic carbocycles. The summed E-state index contributed by atoms with van der Waals surface area (Å²) in [7, 11) is 0. The van der Waals surface area contributed by atoms with Gasteiger partial charge in [-0.05, 0) is 18.4 Å². The molecule has 0 radical (unpaired) electrons. The predicted octanol–water partition coefficient (Wildman–Crippen LogP) is 0.932. The third-order valence-electron chi connectivity index (χ3n) is 5.02. The number of rotatable bonds is 4. The number of aromatic amines is 1. The van der Waals surface area contributed by atoms with Crippen LogP contribution >= 0.6 is 11.3 Å². The summed E-state index contributed by atoms with van der Waals surface area (Å²) in [5.74, 6) is 0.356. The predicted molar refractivity (Wildman–Crippen MR) is 102 cm³/mol. The molecular weight excluding hydrogens is 348 g/mol. The van der Waals surface area contributed by atoms with Gasteiger partial charge in [-0.15, -0.1) is 11.3 Å². The molecule has 1 unspecified atom stereocenters. The van der Waals surface area contributed by atoms with Crippen molar-refractivity contribution in [2.24, 2.45) is 11.7 Å². The number of amides is 1. The molecule has 1 aromatic carbocycles. The van der Waals surface area contributed by atoms with Crippen molar-refractivity contribution in [2.45, 2.75) is 19.4 Å². The second-order valence-corrected chi connectivity index (χ2v) is 7.69. The number of aromatic nitrogens is 2. The zero-order chi connectivity index (χ0) is 18.1. The van der Waals surface area contributed by atoms with Gasteiger partial charge in [0.25, 0.3) is 5.56 Å². The molecule has 1 saturated heterocycles. The number of nitrogens with two attached hydrogens (primary N) is 1. The fourth-order valence-corrected chi connectivity index (χ4v) is 4.67. The Morgan fingerprint density at radius 2 is 2.15 bits per heavy atom. The highest BCUT2D eigenvalue weighted by atomic mass is 32.1. The number of nitrogens with one attached hydrogen (secondary N) is 2. The minimum atomic E-state index is -0.232. The summed E-state index contributed by atoms with van der Waals surface area (Å²) in [6.45, 7) is 2.27. The van der Waals surface area contributed by atoms with Gasteiger partial charge in [0.2, 0.25) is 5.91 Å². The molecule has 2 atom stereocenters. The quantitative estimate of drug-likeness (QED) is 0.639. The minimum absolute atomic E-state index is 0.0828. The fourth-order valence-electron chi connectivity index (χ4n) is 3.70. The van der Waals surface area contributed by atoms with Crippen LogP contribution in [0.5, 0.6) is 0 Å². The van der Waals surface area contributed by atoms with Crippen molar-refractivity contribution in [1.29, 1.82) is 0 Å². The van der Waals surface area contributed by atoms with Gasteiger partial charge in [0.1, 0.15) is 11.4 Å². The number of piperidine rings is 1. The molecule has 1 aliphatic heterocycles. The first-order chi connectivity index (χ1) is 12.6. The van der Waals surface area contributed by atoms with Crippen LogP contribution in [-0.4, -0.2) is 29.0 Å². The Balaban J connectivity index is 1.62. The van der Waals surface area contributed by atoms with Gasteiger partial charge in [-0.2, -0.15) is 0 Å². The van der Waals surface area contributed by atoms with E-state index in [1.807, 2.05) is 35.7 Å². The smallest absolute Gasteiger partial charge is 0.260 e. The third-order valence-corrected chi connectivity index (χ3v) is 5.89. The normalized spacial score (nSPS) is 20.3. The van der Waals surface area contributed by atoms with E-state index in [2.05, 4.69) is 9.97 Å². The number of thiophene rings is 1. The Kier molecular flexibility index (Phi) is 4.57. The Labute approximate surface area is 154 Å². The summed E-state index contributed by atoms with van der Waals surface area (Å²) < 4.78 is 0. The first-order valence-corrected chi connectivity index (χ1v) is 9.68. The van der Waals surface area contributed by atoms with Gasteiger partial charge in [0, 0.05) is 10.9 Å². The summed E-state index contributed by atoms with van der Waals surface area (Å²) in [5, 5.41) is 2.64. The first kappa shape index (κ1) is 16.9. The molecule has 0 saturated carbocycles. The molecule has 0 spiro atoms. The van der Waals surface area contributed by atoms with Crippen molar-refractivity contribution in [3.05, 3.63) is 51.9 Å². The molecule has 1 amide bonds. The number of likely N-dealkylation sites (tertiary alicyclic amines) is 1. The molecule has 0 bridgehead atoms. The van der Waals surface area contributed by atoms with Gasteiger partial charge < -0.3 is 15.6 Å². The number of H-pyrrole nitrogens is 1. The maximum atomic E-state index is 12.7. The molecule has 26 heavy (non-hydrogen) atoms. The lowest BCUT2D eigenvalue weighted by Gasteiger charge is -2.27. The zero-order valence-electron chi connectivity index (χ0n) is 14.3. The van der Waals surface area contributed by atoms with Crippen molar-refractivity contribution < 1.29 is 9.69 Å². The van der Waals surface area contributed by atoms with Crippen LogP contribution in [0, 0.1) is 5.92 Å². The van der Waals surface area contributed by atoms with Crippen LogP contribution in [0.25, 0.3) is 21.3 Å². The van der Waals surface area contributed by atoms with Gasteiger partial charge >= 0.3 is 0 Å². The Morgan fingerprint density at radius 3 is 2.92 bits per heavy atom. The third kappa shape index (κ3) is 3.27. The van der Waals surface area contributed by atoms with Gasteiger partial charge in [0.05, 0.1) is 24.4 Å². The highest BCUT2D eigenvalue weighted by Gasteiger charge is 2.27. The van der Waals surface area contributed by atoms with E-state index in [0.717, 1.165) is 35.3 Å². The lowest BCUT2D eigenvalue weighted by atomic mass is 9.97. The van der Waals surface area contributed by atoms with Crippen LogP contribution in [-0.2, 0) is 11.3 Å². The van der Waals surface area contributed by atoms with E-state index >= 15 is 0 Å². The van der Waals surface area contributed by atoms with E-state index in [1.54, 1.807) is 0 Å². The minimum Gasteiger partial charge on any atom is -0.369 e. The molecule has 1 aliphatic rings. The molecule has 1 fully saturated rings. The number of quaternary nitrogens is 1. The summed E-state index contributed by atoms with van der Waals surface area (Å²) in [5.41, 5.74) is 7.29. The number of nitrogens with zero attached hydrogens (tertiary/aromatic N) is 1. The first-order valence-electron chi connectivity index (χ1n) is 8.80. The Morgan fingerprint density at radius 1 is 1.35 bits per heavy atom. The number of hydrogen-bond acceptors (Lipinski definition) is 4. The number of carbonyl (C=O) groups excluding carboxylic acids is 1. The SMILES string of the molecule is NC(=O)[C@@H]1CCC[NH+](Cc2nc3scc(-c4ccccc4)c3c(=O)[nH]2)C1. The molecular formula is C19H21N4O2S+. The number of hydrogen-bond donors (Lipinski definition) is 3. The number of fused-ring (bicyclic) bond motifs is 1. The molecule has 4 N–H and O–H groups in total. The highest BCUT2D eigenvalue weighted by molar-refractivity contribution is 7.17. The van der Waals surface area contributed by atoms with Gasteiger partial charge in [-0.3, -0.25) is 9.59 Å². The van der Waals surface area contributed by atoms with E-state index in [9.17, 15) is 9.59 Å². The second kappa shape index (κ2) is 7.01. The van der Waals surface area contributed by atoms with Crippen molar-refractivity contribution in [1.82, 2.24) is 9.97 Å². The lowest BCUT2D eigenvalue weighted by Crippen LogP contribution is -3.12. The number of benzene rings is 1. The van der Waals surface area contributed by atoms with E-state index in [0.29, 0.717) is 24.3 Å². The van der Waals surface area contributed by atoms with Crippen LogP contribution in [0.2, 0.25) is 0 Å². The van der Waals surface area contributed by atoms with Crippen LogP contribution in [0.4, 0.5) is 0 Å². The maximum Gasteiger partial charge on any atom is 0.260 e. The Hall–Kier alpha value is -2.51. The molecule has 6 nitrogen and oxygen atoms in total. The van der Waals surface area contributed by atoms with Gasteiger partial charge in [-0.25, -0.2) is 4.98 Å². The highest BCUT2D eigenvalue weighted by Crippen LogP contribution is 2.30. The number of carbonyl (C=O) groups is 1. The molecule has 134 valence electrons. The second-order valence-electron chi connectivity index (χ2n) is 6.83. The summed E-state index contributed by atoms with van der Waals surface area (Å²) in [4.78, 5) is 33.8. The average molecular weight is 369 g/mol. The van der Waals surface area contributed by atoms with Gasteiger partial charge in [0.15, 0.2) is 5.82 Å². The van der Waals surface area contributed by atoms with E-state index in [4.69, 9.17) is 5.73 Å². The molecule has 4 rings (SSSR count). The van der Waals surface area contributed by atoms with Crippen LogP contribution < -0.4 is 16.2 Å². The summed E-state index contributed by atoms with van der Waals surface area (Å²) in [6.07, 6.45) is 1.82. The standard InChI is InChI=1S/C19H20N4O2S/c20-17(24)13-7-4-8-23(9-13)10-15-21-18(25)16-14(11-26-19(16)22-15)12-5-2-1-3-6-12/h1-3,5-6,11,13H,4,7-10H2,(H2,20,24)(H,21,22,25)/p+1/t13-/m1/s1. The summed E-state index contributed by atoms with van der Waals surface area (Å²) >= 11 is 1.49. The van der Waals surface area contributed by atoms with Crippen molar-refractivity contribution in [3.63, 3.8) is 0 Å². The molecule has 3 aromatic rings. The fraction of sp³-hybridized carbons (Fsp3) is 0.316. The molecule has 7 heteroatoms. The topological polar surface area (TPSA) is 93.3 Å². The van der Waals surface area contributed by atoms with Crippen LogP contribution in [0.15, 0.2) is 40.5 Å². The van der Waals surface area contributed by atoms with Crippen molar-refractivity contribution >= 4 is 27.5 Å². The van der Waals surface area contributed by atoms with Crippen molar-refractivity contribution in [3.8, 4) is 11.1 Å². The largest absolute Gasteiger partial charge is 0.369 e. The van der Waals surface area contributed by atoms with E-state index in [1.165, 1.54) is 16.2 Å². The number of primary amides is 1. The monoisotopic (exact) mass is 369 g/mol.